The molecule has 1 aliphatic rings. The summed E-state index contributed by atoms with van der Waals surface area (Å²) in [4.78, 5) is 7.82. The Labute approximate surface area is 188 Å². The van der Waals surface area contributed by atoms with E-state index < -0.39 is 0 Å². The fraction of sp³-hybridized carbons (Fsp3) is 0.269. The molecule has 154 valence electrons. The third kappa shape index (κ3) is 3.73. The van der Waals surface area contributed by atoms with Crippen LogP contribution in [0.4, 0.5) is 0 Å². The SMILES string of the molecule is COc1cccc(-c2cc(-c3cccc(C)c3)c3c4c(sc3n2)CC(C)CC4)c1.[Cl-]. The molecule has 0 fully saturated rings. The predicted molar refractivity (Wildman–Crippen MR) is 123 cm³/mol. The van der Waals surface area contributed by atoms with Crippen LogP contribution in [-0.4, -0.2) is 12.1 Å². The average Bonchev–Trinajstić information content (AvgIpc) is 3.10. The highest BCUT2D eigenvalue weighted by Crippen LogP contribution is 2.43. The van der Waals surface area contributed by atoms with Gasteiger partial charge >= 0.3 is 0 Å². The van der Waals surface area contributed by atoms with Gasteiger partial charge in [-0.1, -0.05) is 48.9 Å². The van der Waals surface area contributed by atoms with Gasteiger partial charge in [0.15, 0.2) is 0 Å². The van der Waals surface area contributed by atoms with Crippen LogP contribution >= 0.6 is 11.3 Å². The van der Waals surface area contributed by atoms with Crippen molar-refractivity contribution in [2.75, 3.05) is 7.11 Å². The largest absolute Gasteiger partial charge is 1.00 e. The van der Waals surface area contributed by atoms with E-state index in [1.54, 1.807) is 7.11 Å². The molecule has 0 N–H and O–H groups in total. The van der Waals surface area contributed by atoms with E-state index in [-0.39, 0.29) is 12.4 Å². The molecule has 2 heterocycles. The zero-order chi connectivity index (χ0) is 20.0. The zero-order valence-electron chi connectivity index (χ0n) is 17.5. The van der Waals surface area contributed by atoms with Crippen molar-refractivity contribution in [3.05, 3.63) is 70.6 Å². The van der Waals surface area contributed by atoms with E-state index in [1.165, 1.54) is 50.2 Å². The number of hydrogen-bond donors (Lipinski definition) is 0. The molecule has 0 spiro atoms. The minimum Gasteiger partial charge on any atom is -1.00 e. The number of benzene rings is 2. The number of methoxy groups -OCH3 is 1. The van der Waals surface area contributed by atoms with Gasteiger partial charge in [-0.2, -0.15) is 0 Å². The highest BCUT2D eigenvalue weighted by Gasteiger charge is 2.24. The molecule has 1 unspecified atom stereocenters. The monoisotopic (exact) mass is 434 g/mol. The summed E-state index contributed by atoms with van der Waals surface area (Å²) < 4.78 is 5.45. The van der Waals surface area contributed by atoms with Crippen LogP contribution in [0.2, 0.25) is 0 Å². The van der Waals surface area contributed by atoms with E-state index in [1.807, 2.05) is 23.5 Å². The van der Waals surface area contributed by atoms with E-state index in [9.17, 15) is 0 Å². The third-order valence-electron chi connectivity index (χ3n) is 5.96. The second-order valence-corrected chi connectivity index (χ2v) is 9.27. The molecule has 1 aliphatic carbocycles. The number of rotatable bonds is 3. The maximum absolute atomic E-state index is 5.45. The lowest BCUT2D eigenvalue weighted by molar-refractivity contribution is -0.00000617. The van der Waals surface area contributed by atoms with Crippen LogP contribution in [0.3, 0.4) is 0 Å². The average molecular weight is 435 g/mol. The highest BCUT2D eigenvalue weighted by molar-refractivity contribution is 7.19. The Bertz CT molecular complexity index is 1210. The van der Waals surface area contributed by atoms with Crippen molar-refractivity contribution >= 4 is 21.6 Å². The molecular formula is C26H25ClNOS-. The van der Waals surface area contributed by atoms with Gasteiger partial charge < -0.3 is 17.1 Å². The third-order valence-corrected chi connectivity index (χ3v) is 7.11. The standard InChI is InChI=1S/C26H25NOS.ClH/c1-16-6-4-7-18(12-16)22-15-23(19-8-5-9-20(14-19)28-3)27-26-25(22)21-11-10-17(2)13-24(21)29-26;/h4-9,12,14-15,17H,10-11,13H2,1-3H3;1H/p-1. The fourth-order valence-corrected chi connectivity index (χ4v) is 5.82. The molecule has 5 rings (SSSR count). The molecule has 0 amide bonds. The fourth-order valence-electron chi connectivity index (χ4n) is 4.41. The first-order chi connectivity index (χ1) is 14.1. The van der Waals surface area contributed by atoms with Gasteiger partial charge in [-0.25, -0.2) is 4.98 Å². The second kappa shape index (κ2) is 8.41. The minimum absolute atomic E-state index is 0. The van der Waals surface area contributed by atoms with Crippen molar-refractivity contribution in [2.45, 2.75) is 33.1 Å². The first kappa shape index (κ1) is 20.9. The highest BCUT2D eigenvalue weighted by atomic mass is 35.5. The van der Waals surface area contributed by atoms with Gasteiger partial charge in [0.2, 0.25) is 0 Å². The van der Waals surface area contributed by atoms with Crippen LogP contribution in [0, 0.1) is 12.8 Å². The summed E-state index contributed by atoms with van der Waals surface area (Å²) in [5, 5.41) is 1.37. The first-order valence-electron chi connectivity index (χ1n) is 10.3. The molecule has 0 aliphatic heterocycles. The Kier molecular flexibility index (Phi) is 5.86. The van der Waals surface area contributed by atoms with E-state index in [0.717, 1.165) is 29.3 Å². The molecule has 2 nitrogen and oxygen atoms in total. The number of ether oxygens (including phenoxy) is 1. The maximum atomic E-state index is 5.45. The minimum atomic E-state index is 0. The van der Waals surface area contributed by atoms with Crippen LogP contribution in [0.1, 0.15) is 29.3 Å². The van der Waals surface area contributed by atoms with Gasteiger partial charge in [0.05, 0.1) is 12.8 Å². The van der Waals surface area contributed by atoms with Crippen molar-refractivity contribution < 1.29 is 17.1 Å². The van der Waals surface area contributed by atoms with Crippen LogP contribution in [-0.2, 0) is 12.8 Å². The van der Waals surface area contributed by atoms with E-state index in [2.05, 4.69) is 56.3 Å². The molecule has 2 aromatic heterocycles. The Morgan fingerprint density at radius 3 is 2.63 bits per heavy atom. The van der Waals surface area contributed by atoms with Gasteiger partial charge in [0.25, 0.3) is 0 Å². The molecule has 0 bridgehead atoms. The number of halogens is 1. The van der Waals surface area contributed by atoms with Gasteiger partial charge in [-0.15, -0.1) is 11.3 Å². The molecule has 0 saturated heterocycles. The lowest BCUT2D eigenvalue weighted by atomic mass is 9.87. The molecule has 2 aromatic carbocycles. The molecule has 1 atom stereocenters. The van der Waals surface area contributed by atoms with Gasteiger partial charge in [-0.3, -0.25) is 0 Å². The number of thiophene rings is 1. The van der Waals surface area contributed by atoms with Gasteiger partial charge in [0, 0.05) is 15.8 Å². The molecule has 4 heteroatoms. The lowest BCUT2D eigenvalue weighted by Crippen LogP contribution is -3.00. The van der Waals surface area contributed by atoms with E-state index in [4.69, 9.17) is 9.72 Å². The molecular weight excluding hydrogens is 410 g/mol. The lowest BCUT2D eigenvalue weighted by Gasteiger charge is -2.18. The van der Waals surface area contributed by atoms with Crippen molar-refractivity contribution in [1.82, 2.24) is 4.98 Å². The van der Waals surface area contributed by atoms with Crippen molar-refractivity contribution in [3.63, 3.8) is 0 Å². The van der Waals surface area contributed by atoms with Crippen LogP contribution in [0.25, 0.3) is 32.6 Å². The number of aromatic nitrogens is 1. The van der Waals surface area contributed by atoms with E-state index >= 15 is 0 Å². The van der Waals surface area contributed by atoms with Gasteiger partial charge in [-0.05, 0) is 67.0 Å². The summed E-state index contributed by atoms with van der Waals surface area (Å²) in [6, 6.07) is 19.3. The van der Waals surface area contributed by atoms with Crippen molar-refractivity contribution in [2.24, 2.45) is 5.92 Å². The van der Waals surface area contributed by atoms with Crippen LogP contribution in [0.15, 0.2) is 54.6 Å². The molecule has 0 radical (unpaired) electrons. The number of nitrogens with zero attached hydrogens (tertiary/aromatic N) is 1. The normalized spacial score (nSPS) is 15.5. The summed E-state index contributed by atoms with van der Waals surface area (Å²) in [5.41, 5.74) is 7.51. The summed E-state index contributed by atoms with van der Waals surface area (Å²) in [7, 11) is 1.71. The Balaban J connectivity index is 0.00000218. The zero-order valence-corrected chi connectivity index (χ0v) is 19.1. The Morgan fingerprint density at radius 2 is 1.83 bits per heavy atom. The van der Waals surface area contributed by atoms with Crippen LogP contribution in [0.5, 0.6) is 5.75 Å². The van der Waals surface area contributed by atoms with Crippen molar-refractivity contribution in [3.8, 4) is 28.1 Å². The molecule has 30 heavy (non-hydrogen) atoms. The summed E-state index contributed by atoms with van der Waals surface area (Å²) in [6.07, 6.45) is 3.61. The number of hydrogen-bond acceptors (Lipinski definition) is 3. The topological polar surface area (TPSA) is 22.1 Å². The van der Waals surface area contributed by atoms with Crippen molar-refractivity contribution in [1.29, 1.82) is 0 Å². The first-order valence-corrected chi connectivity index (χ1v) is 11.1. The summed E-state index contributed by atoms with van der Waals surface area (Å²) in [5.74, 6) is 1.62. The Morgan fingerprint density at radius 1 is 1.03 bits per heavy atom. The second-order valence-electron chi connectivity index (χ2n) is 8.19. The van der Waals surface area contributed by atoms with Crippen LogP contribution < -0.4 is 17.1 Å². The maximum Gasteiger partial charge on any atom is 0.125 e. The number of aryl methyl sites for hydroxylation is 2. The number of fused-ring (bicyclic) bond motifs is 3. The number of pyridine rings is 1. The summed E-state index contributed by atoms with van der Waals surface area (Å²) in [6.45, 7) is 4.53. The smallest absolute Gasteiger partial charge is 0.125 e. The van der Waals surface area contributed by atoms with E-state index in [0.29, 0.717) is 0 Å². The summed E-state index contributed by atoms with van der Waals surface area (Å²) >= 11 is 1.89. The molecule has 4 aromatic rings. The quantitative estimate of drug-likeness (QED) is 0.484. The Hall–Kier alpha value is -2.36. The van der Waals surface area contributed by atoms with Gasteiger partial charge in [0.1, 0.15) is 10.6 Å². The molecule has 0 saturated carbocycles. The predicted octanol–water partition coefficient (Wildman–Crippen LogP) is 4.08.